The first-order valence-corrected chi connectivity index (χ1v) is 9.04. The molecule has 27 heavy (non-hydrogen) atoms. The molecular formula is C21H24N4O2. The van der Waals surface area contributed by atoms with Crippen molar-refractivity contribution in [3.63, 3.8) is 0 Å². The summed E-state index contributed by atoms with van der Waals surface area (Å²) in [5.74, 6) is -0.403. The molecule has 3 rings (SSSR count). The van der Waals surface area contributed by atoms with Crippen LogP contribution >= 0.6 is 0 Å². The van der Waals surface area contributed by atoms with Crippen LogP contribution in [-0.4, -0.2) is 46.2 Å². The molecule has 0 fully saturated rings. The van der Waals surface area contributed by atoms with Crippen molar-refractivity contribution >= 4 is 17.7 Å². The van der Waals surface area contributed by atoms with Crippen molar-refractivity contribution in [2.45, 2.75) is 20.3 Å². The van der Waals surface area contributed by atoms with Crippen molar-refractivity contribution in [1.29, 1.82) is 0 Å². The van der Waals surface area contributed by atoms with E-state index in [9.17, 15) is 4.79 Å². The lowest BCUT2D eigenvalue weighted by Gasteiger charge is -2.09. The predicted molar refractivity (Wildman–Crippen MR) is 106 cm³/mol. The van der Waals surface area contributed by atoms with E-state index in [1.165, 1.54) is 0 Å². The number of esters is 1. The number of nitrogens with zero attached hydrogens (tertiary/aromatic N) is 4. The van der Waals surface area contributed by atoms with Crippen molar-refractivity contribution in [3.05, 3.63) is 59.7 Å². The van der Waals surface area contributed by atoms with Crippen LogP contribution < -0.4 is 0 Å². The number of carbonyl (C=O) groups is 1. The van der Waals surface area contributed by atoms with Crippen LogP contribution in [0.4, 0.5) is 0 Å². The molecule has 0 saturated carbocycles. The van der Waals surface area contributed by atoms with E-state index in [0.717, 1.165) is 28.9 Å². The lowest BCUT2D eigenvalue weighted by molar-refractivity contribution is 0.0525. The highest BCUT2D eigenvalue weighted by molar-refractivity contribution is 5.94. The Morgan fingerprint density at radius 1 is 1.22 bits per heavy atom. The molecule has 6 nitrogen and oxygen atoms in total. The van der Waals surface area contributed by atoms with E-state index in [1.807, 2.05) is 61.6 Å². The summed E-state index contributed by atoms with van der Waals surface area (Å²) < 4.78 is 6.95. The SMILES string of the molecule is CCOC(=O)c1cnc2c(-c3ccccc3)c(CC)nn2c1C=CN(C)C. The molecule has 0 radical (unpaired) electrons. The molecular weight excluding hydrogens is 340 g/mol. The normalized spacial score (nSPS) is 11.3. The maximum absolute atomic E-state index is 12.4. The second-order valence-electron chi connectivity index (χ2n) is 6.33. The average Bonchev–Trinajstić information content (AvgIpc) is 3.05. The zero-order chi connectivity index (χ0) is 19.4. The van der Waals surface area contributed by atoms with E-state index in [-0.39, 0.29) is 0 Å². The van der Waals surface area contributed by atoms with Gasteiger partial charge in [0.15, 0.2) is 5.65 Å². The van der Waals surface area contributed by atoms with Gasteiger partial charge >= 0.3 is 5.97 Å². The van der Waals surface area contributed by atoms with Gasteiger partial charge in [0.25, 0.3) is 0 Å². The molecule has 3 aromatic rings. The molecule has 1 aromatic carbocycles. The van der Waals surface area contributed by atoms with Crippen molar-refractivity contribution in [1.82, 2.24) is 19.5 Å². The minimum Gasteiger partial charge on any atom is -0.462 e. The zero-order valence-corrected chi connectivity index (χ0v) is 16.1. The van der Waals surface area contributed by atoms with Crippen LogP contribution in [0.2, 0.25) is 0 Å². The number of hydrogen-bond donors (Lipinski definition) is 0. The Kier molecular flexibility index (Phi) is 5.54. The van der Waals surface area contributed by atoms with E-state index in [1.54, 1.807) is 17.6 Å². The van der Waals surface area contributed by atoms with E-state index < -0.39 is 5.97 Å². The third kappa shape index (κ3) is 3.69. The van der Waals surface area contributed by atoms with Crippen molar-refractivity contribution < 1.29 is 9.53 Å². The van der Waals surface area contributed by atoms with Gasteiger partial charge in [0.05, 0.1) is 18.0 Å². The number of ether oxygens (including phenoxy) is 1. The molecule has 0 amide bonds. The summed E-state index contributed by atoms with van der Waals surface area (Å²) in [5.41, 5.74) is 4.77. The number of aryl methyl sites for hydroxylation is 1. The topological polar surface area (TPSA) is 59.7 Å². The number of hydrogen-bond acceptors (Lipinski definition) is 5. The van der Waals surface area contributed by atoms with Gasteiger partial charge in [0.2, 0.25) is 0 Å². The maximum Gasteiger partial charge on any atom is 0.341 e. The second-order valence-corrected chi connectivity index (χ2v) is 6.33. The molecule has 0 spiro atoms. The Morgan fingerprint density at radius 2 is 1.96 bits per heavy atom. The first-order chi connectivity index (χ1) is 13.1. The van der Waals surface area contributed by atoms with E-state index in [2.05, 4.69) is 11.9 Å². The van der Waals surface area contributed by atoms with Gasteiger partial charge in [-0.2, -0.15) is 5.10 Å². The number of carbonyl (C=O) groups excluding carboxylic acids is 1. The fourth-order valence-electron chi connectivity index (χ4n) is 2.94. The first-order valence-electron chi connectivity index (χ1n) is 9.04. The molecule has 0 atom stereocenters. The first kappa shape index (κ1) is 18.6. The van der Waals surface area contributed by atoms with E-state index >= 15 is 0 Å². The van der Waals surface area contributed by atoms with Gasteiger partial charge in [0, 0.05) is 32.1 Å². The lowest BCUT2D eigenvalue weighted by atomic mass is 10.0. The van der Waals surface area contributed by atoms with Crippen molar-refractivity contribution in [2.24, 2.45) is 0 Å². The quantitative estimate of drug-likeness (QED) is 0.625. The van der Waals surface area contributed by atoms with Crippen LogP contribution in [0.15, 0.2) is 42.7 Å². The summed E-state index contributed by atoms with van der Waals surface area (Å²) in [6, 6.07) is 10.1. The van der Waals surface area contributed by atoms with Crippen molar-refractivity contribution in [2.75, 3.05) is 20.7 Å². The minimum atomic E-state index is -0.403. The molecule has 0 bridgehead atoms. The summed E-state index contributed by atoms with van der Waals surface area (Å²) in [4.78, 5) is 18.9. The van der Waals surface area contributed by atoms with E-state index in [4.69, 9.17) is 9.84 Å². The zero-order valence-electron chi connectivity index (χ0n) is 16.1. The number of aromatic nitrogens is 3. The van der Waals surface area contributed by atoms with Gasteiger partial charge in [-0.3, -0.25) is 0 Å². The average molecular weight is 364 g/mol. The molecule has 6 heteroatoms. The van der Waals surface area contributed by atoms with E-state index in [0.29, 0.717) is 17.9 Å². The highest BCUT2D eigenvalue weighted by atomic mass is 16.5. The Balaban J connectivity index is 2.30. The van der Waals surface area contributed by atoms with Crippen LogP contribution in [0.1, 0.15) is 35.6 Å². The summed E-state index contributed by atoms with van der Waals surface area (Å²) in [6.45, 7) is 4.16. The van der Waals surface area contributed by atoms with Gasteiger partial charge in [-0.05, 0) is 25.0 Å². The summed E-state index contributed by atoms with van der Waals surface area (Å²) in [6.07, 6.45) is 6.09. The van der Waals surface area contributed by atoms with Gasteiger partial charge in [-0.15, -0.1) is 0 Å². The largest absolute Gasteiger partial charge is 0.462 e. The molecule has 0 saturated heterocycles. The Morgan fingerprint density at radius 3 is 2.59 bits per heavy atom. The third-order valence-corrected chi connectivity index (χ3v) is 4.18. The summed E-state index contributed by atoms with van der Waals surface area (Å²) in [7, 11) is 3.85. The molecule has 0 aliphatic heterocycles. The summed E-state index contributed by atoms with van der Waals surface area (Å²) >= 11 is 0. The number of rotatable bonds is 6. The molecule has 140 valence electrons. The molecule has 0 aliphatic carbocycles. The number of benzene rings is 1. The van der Waals surface area contributed by atoms with Gasteiger partial charge in [0.1, 0.15) is 5.56 Å². The third-order valence-electron chi connectivity index (χ3n) is 4.18. The smallest absolute Gasteiger partial charge is 0.341 e. The molecule has 0 aliphatic rings. The lowest BCUT2D eigenvalue weighted by Crippen LogP contribution is -2.12. The standard InChI is InChI=1S/C21H24N4O2/c1-5-17-19(15-10-8-7-9-11-15)20-22-14-16(21(26)27-6-2)18(25(20)23-17)12-13-24(3)4/h7-14H,5-6H2,1-4H3. The van der Waals surface area contributed by atoms with Crippen LogP contribution in [0, 0.1) is 0 Å². The Bertz CT molecular complexity index is 975. The van der Waals surface area contributed by atoms with Gasteiger partial charge < -0.3 is 9.64 Å². The van der Waals surface area contributed by atoms with Crippen LogP contribution in [0.5, 0.6) is 0 Å². The van der Waals surface area contributed by atoms with Crippen molar-refractivity contribution in [3.8, 4) is 11.1 Å². The highest BCUT2D eigenvalue weighted by Crippen LogP contribution is 2.29. The Labute approximate surface area is 159 Å². The Hall–Kier alpha value is -3.15. The van der Waals surface area contributed by atoms with Gasteiger partial charge in [-0.1, -0.05) is 37.3 Å². The number of fused-ring (bicyclic) bond motifs is 1. The van der Waals surface area contributed by atoms with Gasteiger partial charge in [-0.25, -0.2) is 14.3 Å². The fraction of sp³-hybridized carbons (Fsp3) is 0.286. The van der Waals surface area contributed by atoms with Crippen LogP contribution in [0.25, 0.3) is 22.9 Å². The monoisotopic (exact) mass is 364 g/mol. The highest BCUT2D eigenvalue weighted by Gasteiger charge is 2.21. The molecule has 2 aromatic heterocycles. The molecule has 0 unspecified atom stereocenters. The molecule has 0 N–H and O–H groups in total. The maximum atomic E-state index is 12.4. The molecule has 2 heterocycles. The minimum absolute atomic E-state index is 0.308. The second kappa shape index (κ2) is 8.03. The fourth-order valence-corrected chi connectivity index (χ4v) is 2.94. The van der Waals surface area contributed by atoms with Crippen LogP contribution in [0.3, 0.4) is 0 Å². The predicted octanol–water partition coefficient (Wildman–Crippen LogP) is 3.67. The van der Waals surface area contributed by atoms with Crippen LogP contribution in [-0.2, 0) is 11.2 Å². The summed E-state index contributed by atoms with van der Waals surface area (Å²) in [5, 5.41) is 4.77.